The molecule has 1 N–H and O–H groups in total. The maximum Gasteiger partial charge on any atom is 0.338 e. The SMILES string of the molecule is CC1(C)COC(c2ccc(C3(O)CCC4(CC3)OCCO4)cc2)=N1.CC1(C)COC(c2ccc(C3=CCC4(CC3)OCCO4)cc2)=N1.CC1(C)COC(c2ccc(C3CCC(=O)CC3)cc2)=N1.CC1(C)COC(c2ccc(C3CCC4(CC3)OCCO4)cc2)=N1.CCOC(=O)c1ccc(C2CCC(=O)CC2)cc1.Cc1ccc(C2=NC(C)(C)CO2)cc1.O=C1CCC2(CC1)OCCO2. The maximum absolute atomic E-state index is 11.5. The Balaban J connectivity index is 0.000000120. The third-order valence-corrected chi connectivity index (χ3v) is 27.4. The molecule has 0 unspecified atom stereocenters. The molecule has 4 saturated heterocycles. The van der Waals surface area contributed by atoms with Crippen molar-refractivity contribution in [2.45, 2.75) is 305 Å². The lowest BCUT2D eigenvalue weighted by Gasteiger charge is -2.40. The summed E-state index contributed by atoms with van der Waals surface area (Å²) in [6.45, 7) is 33.9. The van der Waals surface area contributed by atoms with Gasteiger partial charge in [-0.1, -0.05) is 84.4 Å². The molecule has 9 heterocycles. The molecule has 6 aromatic carbocycles. The highest BCUT2D eigenvalue weighted by Gasteiger charge is 2.48. The Labute approximate surface area is 785 Å². The first kappa shape index (κ1) is 98.1. The summed E-state index contributed by atoms with van der Waals surface area (Å²) in [4.78, 5) is 67.9. The average Bonchev–Trinajstić information content (AvgIpc) is 1.76. The van der Waals surface area contributed by atoms with Crippen LogP contribution in [0.3, 0.4) is 0 Å². The predicted molar refractivity (Wildman–Crippen MR) is 512 cm³/mol. The van der Waals surface area contributed by atoms with Crippen LogP contribution in [0, 0.1) is 6.92 Å². The molecule has 133 heavy (non-hydrogen) atoms. The number of aryl methyl sites for hydroxylation is 1. The molecule has 5 saturated carbocycles. The van der Waals surface area contributed by atoms with Crippen LogP contribution < -0.4 is 0 Å². The fourth-order valence-corrected chi connectivity index (χ4v) is 19.4. The molecule has 0 atom stereocenters. The molecule has 24 heteroatoms. The molecule has 15 aliphatic rings. The van der Waals surface area contributed by atoms with Gasteiger partial charge in [-0.15, -0.1) is 0 Å². The molecule has 9 fully saturated rings. The lowest BCUT2D eigenvalue weighted by Crippen LogP contribution is -2.42. The zero-order valence-electron chi connectivity index (χ0n) is 80.4. The lowest BCUT2D eigenvalue weighted by atomic mass is 9.77. The maximum atomic E-state index is 11.5. The Hall–Kier alpha value is -9.47. The fourth-order valence-electron chi connectivity index (χ4n) is 19.4. The molecule has 6 aliphatic carbocycles. The molecular formula is C109H139N5O19. The van der Waals surface area contributed by atoms with Crippen LogP contribution in [0.2, 0.25) is 0 Å². The van der Waals surface area contributed by atoms with Gasteiger partial charge >= 0.3 is 5.97 Å². The molecule has 6 aromatic rings. The van der Waals surface area contributed by atoms with E-state index in [1.165, 1.54) is 33.4 Å². The quantitative estimate of drug-likeness (QED) is 0.111. The van der Waals surface area contributed by atoms with Gasteiger partial charge in [-0.25, -0.2) is 29.8 Å². The third-order valence-electron chi connectivity index (χ3n) is 27.4. The number of allylic oxidation sites excluding steroid dienone is 1. The number of ether oxygens (including phenoxy) is 14. The summed E-state index contributed by atoms with van der Waals surface area (Å²) in [5.74, 6) is 4.75. The summed E-state index contributed by atoms with van der Waals surface area (Å²) < 4.78 is 78.8. The van der Waals surface area contributed by atoms with E-state index in [1.54, 1.807) is 6.92 Å². The summed E-state index contributed by atoms with van der Waals surface area (Å²) in [6.07, 6.45) is 21.5. The van der Waals surface area contributed by atoms with E-state index in [2.05, 4.69) is 204 Å². The van der Waals surface area contributed by atoms with Gasteiger partial charge in [-0.2, -0.15) is 0 Å². The van der Waals surface area contributed by atoms with Crippen LogP contribution in [0.25, 0.3) is 5.57 Å². The number of carbonyl (C=O) groups is 4. The number of nitrogens with zero attached hydrogens (tertiary/aromatic N) is 5. The molecular weight excluding hydrogens is 1680 g/mol. The van der Waals surface area contributed by atoms with Crippen LogP contribution in [-0.2, 0) is 86.3 Å². The van der Waals surface area contributed by atoms with E-state index in [0.29, 0.717) is 151 Å². The second-order valence-corrected chi connectivity index (χ2v) is 41.0. The Kier molecular flexibility index (Phi) is 31.3. The van der Waals surface area contributed by atoms with Gasteiger partial charge in [0.25, 0.3) is 0 Å². The van der Waals surface area contributed by atoms with Crippen LogP contribution in [0.1, 0.15) is 313 Å². The Morgan fingerprint density at radius 3 is 0.955 bits per heavy atom. The van der Waals surface area contributed by atoms with Gasteiger partial charge in [0, 0.05) is 118 Å². The standard InChI is InChI=1S/C19H25NO4.C19H25NO3.C19H23NO3.C17H21NO2.C15H18O3.C12H15NO.C8H12O3/c1-17(2)13-22-16(20-17)14-3-5-15(6-4-14)18(21)7-9-19(10-8-18)23-11-12-24-19;2*1-18(2)13-21-17(20-18)16-5-3-14(4-6-16)15-7-9-19(10-8-15)22-11-12-23-19;1-17(2)11-20-16(18-17)14-5-3-12(4-6-14)13-7-9-15(19)10-8-13;1-2-18-15(17)13-5-3-11(4-6-13)12-7-9-14(16)10-8-12;1-9-4-6-10(7-5-9)11-13-12(2,3)8-14-11;9-7-1-3-8(4-2-7)10-5-6-11-8/h3-6,21H,7-13H2,1-2H3;3-6,15H,7-13H2,1-2H3;3-7H,8-13H2,1-2H3;3-6,13H,7-11H2,1-2H3;3-6,12H,2,7-10H2,1H3;4-7H,8H2,1-3H3;1-6H2. The number of carbonyl (C=O) groups excluding carboxylic acids is 4. The number of esters is 1. The summed E-state index contributed by atoms with van der Waals surface area (Å²) in [6, 6.07) is 49.5. The molecule has 0 bridgehead atoms. The minimum atomic E-state index is -0.809. The molecule has 9 aliphatic heterocycles. The van der Waals surface area contributed by atoms with Crippen molar-refractivity contribution < 1.29 is 90.6 Å². The van der Waals surface area contributed by atoms with Crippen LogP contribution in [0.15, 0.2) is 177 Å². The minimum Gasteiger partial charge on any atom is -0.475 e. The monoisotopic (exact) mass is 1820 g/mol. The van der Waals surface area contributed by atoms with E-state index < -0.39 is 11.4 Å². The van der Waals surface area contributed by atoms with Crippen LogP contribution >= 0.6 is 0 Å². The van der Waals surface area contributed by atoms with Crippen molar-refractivity contribution in [1.29, 1.82) is 0 Å². The minimum absolute atomic E-state index is 0.0692. The Morgan fingerprint density at radius 2 is 0.624 bits per heavy atom. The van der Waals surface area contributed by atoms with E-state index in [1.807, 2.05) is 48.5 Å². The average molecular weight is 1820 g/mol. The van der Waals surface area contributed by atoms with Crippen molar-refractivity contribution in [1.82, 2.24) is 0 Å². The topological polar surface area (TPSA) is 280 Å². The number of aliphatic hydroxyl groups is 1. The van der Waals surface area contributed by atoms with Crippen molar-refractivity contribution in [3.05, 3.63) is 218 Å². The van der Waals surface area contributed by atoms with Crippen molar-refractivity contribution in [3.8, 4) is 0 Å². The van der Waals surface area contributed by atoms with E-state index in [9.17, 15) is 24.3 Å². The van der Waals surface area contributed by atoms with Gasteiger partial charge < -0.3 is 71.4 Å². The van der Waals surface area contributed by atoms with Gasteiger partial charge in [-0.05, 0) is 265 Å². The van der Waals surface area contributed by atoms with Gasteiger partial charge in [-0.3, -0.25) is 14.4 Å². The summed E-state index contributed by atoms with van der Waals surface area (Å²) in [5.41, 5.74) is 13.2. The first-order valence-electron chi connectivity index (χ1n) is 48.6. The largest absolute Gasteiger partial charge is 0.475 e. The van der Waals surface area contributed by atoms with Gasteiger partial charge in [0.2, 0.25) is 29.5 Å². The summed E-state index contributed by atoms with van der Waals surface area (Å²) >= 11 is 0. The van der Waals surface area contributed by atoms with Crippen LogP contribution in [0.5, 0.6) is 0 Å². The smallest absolute Gasteiger partial charge is 0.338 e. The highest BCUT2D eigenvalue weighted by molar-refractivity contribution is 5.98. The van der Waals surface area contributed by atoms with Crippen molar-refractivity contribution >= 4 is 58.4 Å². The second kappa shape index (κ2) is 42.4. The second-order valence-electron chi connectivity index (χ2n) is 41.0. The normalized spacial score (nSPS) is 24.2. The van der Waals surface area contributed by atoms with Gasteiger partial charge in [0.05, 0.1) is 98.3 Å². The first-order chi connectivity index (χ1) is 63.6. The Bertz CT molecular complexity index is 5120. The molecule has 0 amide bonds. The number of hydrogen-bond acceptors (Lipinski definition) is 24. The molecule has 0 aromatic heterocycles. The first-order valence-corrected chi connectivity index (χ1v) is 48.6. The molecule has 21 rings (SSSR count). The van der Waals surface area contributed by atoms with E-state index in [-0.39, 0.29) is 51.0 Å². The number of Topliss-reactive ketones (excluding diaryl/α,β-unsaturated/α-hetero) is 3. The van der Waals surface area contributed by atoms with Gasteiger partial charge in [0.1, 0.15) is 50.4 Å². The fraction of sp³-hybridized carbons (Fsp3) is 0.569. The van der Waals surface area contributed by atoms with E-state index in [4.69, 9.17) is 66.3 Å². The number of benzene rings is 6. The molecule has 714 valence electrons. The molecule has 0 radical (unpaired) electrons. The van der Waals surface area contributed by atoms with Crippen LogP contribution in [0.4, 0.5) is 0 Å². The zero-order chi connectivity index (χ0) is 93.7. The van der Waals surface area contributed by atoms with Gasteiger partial charge in [0.15, 0.2) is 23.1 Å². The Morgan fingerprint density at radius 1 is 0.338 bits per heavy atom. The van der Waals surface area contributed by atoms with E-state index in [0.717, 1.165) is 193 Å². The molecule has 24 nitrogen and oxygen atoms in total. The summed E-state index contributed by atoms with van der Waals surface area (Å²) in [7, 11) is 0. The van der Waals surface area contributed by atoms with Crippen molar-refractivity contribution in [2.24, 2.45) is 25.0 Å². The third kappa shape index (κ3) is 26.2. The van der Waals surface area contributed by atoms with Crippen molar-refractivity contribution in [3.63, 3.8) is 0 Å². The highest BCUT2D eigenvalue weighted by atomic mass is 16.8. The lowest BCUT2D eigenvalue weighted by molar-refractivity contribution is -0.204. The number of ketones is 3. The number of rotatable bonds is 12. The highest BCUT2D eigenvalue weighted by Crippen LogP contribution is 2.47. The molecule has 4 spiro atoms. The predicted octanol–water partition coefficient (Wildman–Crippen LogP) is 19.9. The summed E-state index contributed by atoms with van der Waals surface area (Å²) in [5, 5.41) is 11.1. The number of aliphatic imine (C=N–C) groups is 5. The zero-order valence-corrected chi connectivity index (χ0v) is 80.4. The van der Waals surface area contributed by atoms with Crippen molar-refractivity contribution in [2.75, 3.05) is 92.5 Å². The van der Waals surface area contributed by atoms with Crippen LogP contribution in [-0.4, -0.2) is 201 Å². The van der Waals surface area contributed by atoms with E-state index >= 15 is 0 Å². The number of hydrogen-bond donors (Lipinski definition) is 1.